The number of hydrogen-bond donors (Lipinski definition) is 2. The van der Waals surface area contributed by atoms with Crippen molar-refractivity contribution in [1.82, 2.24) is 5.32 Å². The van der Waals surface area contributed by atoms with Crippen LogP contribution in [0.25, 0.3) is 0 Å². The van der Waals surface area contributed by atoms with E-state index in [1.807, 2.05) is 17.8 Å². The molecule has 2 rings (SSSR count). The van der Waals surface area contributed by atoms with Crippen molar-refractivity contribution in [2.24, 2.45) is 0 Å². The van der Waals surface area contributed by atoms with Crippen molar-refractivity contribution in [3.8, 4) is 0 Å². The molecule has 1 aromatic carbocycles. The van der Waals surface area contributed by atoms with Gasteiger partial charge < -0.3 is 11.1 Å². The third-order valence-corrected chi connectivity index (χ3v) is 4.02. The molecule has 0 radical (unpaired) electrons. The highest BCUT2D eigenvalue weighted by Crippen LogP contribution is 2.27. The standard InChI is InChI=1S/C12H18N2S/c1-9-4-5-12(11(13)7-9)15-8-10-3-2-6-14-10/h4-5,7,10,14H,2-3,6,8,13H2,1H3. The first kappa shape index (κ1) is 10.8. The number of anilines is 1. The number of benzene rings is 1. The van der Waals surface area contributed by atoms with Gasteiger partial charge >= 0.3 is 0 Å². The molecule has 1 atom stereocenters. The van der Waals surface area contributed by atoms with Crippen LogP contribution in [0.5, 0.6) is 0 Å². The molecule has 15 heavy (non-hydrogen) atoms. The normalized spacial score (nSPS) is 20.7. The first-order valence-corrected chi connectivity index (χ1v) is 6.46. The minimum Gasteiger partial charge on any atom is -0.398 e. The maximum Gasteiger partial charge on any atom is 0.0454 e. The molecule has 1 heterocycles. The van der Waals surface area contributed by atoms with Crippen LogP contribution >= 0.6 is 11.8 Å². The molecule has 0 aromatic heterocycles. The van der Waals surface area contributed by atoms with E-state index < -0.39 is 0 Å². The Balaban J connectivity index is 1.92. The Morgan fingerprint density at radius 3 is 3.07 bits per heavy atom. The van der Waals surface area contributed by atoms with E-state index in [1.165, 1.54) is 29.8 Å². The maximum atomic E-state index is 5.96. The van der Waals surface area contributed by atoms with Crippen LogP contribution in [0.2, 0.25) is 0 Å². The Kier molecular flexibility index (Phi) is 3.54. The highest BCUT2D eigenvalue weighted by Gasteiger charge is 2.14. The topological polar surface area (TPSA) is 38.0 Å². The summed E-state index contributed by atoms with van der Waals surface area (Å²) in [7, 11) is 0. The molecule has 3 heteroatoms. The Morgan fingerprint density at radius 2 is 2.40 bits per heavy atom. The maximum absolute atomic E-state index is 5.96. The van der Waals surface area contributed by atoms with Crippen LogP contribution in [0.15, 0.2) is 23.1 Å². The van der Waals surface area contributed by atoms with Crippen LogP contribution in [0, 0.1) is 6.92 Å². The fraction of sp³-hybridized carbons (Fsp3) is 0.500. The van der Waals surface area contributed by atoms with E-state index in [4.69, 9.17) is 5.73 Å². The van der Waals surface area contributed by atoms with Gasteiger partial charge in [0.1, 0.15) is 0 Å². The average Bonchev–Trinajstić information content (AvgIpc) is 2.69. The third-order valence-electron chi connectivity index (χ3n) is 2.77. The number of nitrogen functional groups attached to an aromatic ring is 1. The molecule has 3 N–H and O–H groups in total. The van der Waals surface area contributed by atoms with Gasteiger partial charge in [-0.25, -0.2) is 0 Å². The van der Waals surface area contributed by atoms with Gasteiger partial charge in [0.25, 0.3) is 0 Å². The zero-order valence-electron chi connectivity index (χ0n) is 9.12. The van der Waals surface area contributed by atoms with Crippen molar-refractivity contribution in [3.05, 3.63) is 23.8 Å². The zero-order valence-corrected chi connectivity index (χ0v) is 9.94. The molecule has 1 aromatic rings. The summed E-state index contributed by atoms with van der Waals surface area (Å²) in [5.41, 5.74) is 8.11. The van der Waals surface area contributed by atoms with E-state index in [9.17, 15) is 0 Å². The Hall–Kier alpha value is -0.670. The SMILES string of the molecule is Cc1ccc(SCC2CCCN2)c(N)c1. The van der Waals surface area contributed by atoms with E-state index in [1.54, 1.807) is 0 Å². The molecule has 0 amide bonds. The van der Waals surface area contributed by atoms with E-state index in [-0.39, 0.29) is 0 Å². The van der Waals surface area contributed by atoms with Crippen molar-refractivity contribution in [2.45, 2.75) is 30.7 Å². The van der Waals surface area contributed by atoms with E-state index >= 15 is 0 Å². The summed E-state index contributed by atoms with van der Waals surface area (Å²) in [5.74, 6) is 1.13. The second-order valence-corrected chi connectivity index (χ2v) is 5.21. The van der Waals surface area contributed by atoms with Gasteiger partial charge in [0.15, 0.2) is 0 Å². The summed E-state index contributed by atoms with van der Waals surface area (Å²) in [4.78, 5) is 1.22. The molecule has 1 aliphatic rings. The van der Waals surface area contributed by atoms with Crippen LogP contribution in [0.3, 0.4) is 0 Å². The van der Waals surface area contributed by atoms with Crippen LogP contribution in [-0.2, 0) is 0 Å². The van der Waals surface area contributed by atoms with Crippen LogP contribution in [0.4, 0.5) is 5.69 Å². The zero-order chi connectivity index (χ0) is 10.7. The summed E-state index contributed by atoms with van der Waals surface area (Å²) >= 11 is 1.87. The third kappa shape index (κ3) is 2.89. The lowest BCUT2D eigenvalue weighted by molar-refractivity contribution is 0.674. The molecular weight excluding hydrogens is 204 g/mol. The first-order valence-electron chi connectivity index (χ1n) is 5.48. The monoisotopic (exact) mass is 222 g/mol. The Labute approximate surface area is 95.6 Å². The van der Waals surface area contributed by atoms with Crippen molar-refractivity contribution in [2.75, 3.05) is 18.0 Å². The number of nitrogens with one attached hydrogen (secondary N) is 1. The van der Waals surface area contributed by atoms with E-state index in [2.05, 4.69) is 24.4 Å². The number of rotatable bonds is 3. The molecule has 1 saturated heterocycles. The number of thioether (sulfide) groups is 1. The summed E-state index contributed by atoms with van der Waals surface area (Å²) in [6.45, 7) is 3.25. The van der Waals surface area contributed by atoms with Gasteiger partial charge in [-0.1, -0.05) is 6.07 Å². The fourth-order valence-electron chi connectivity index (χ4n) is 1.89. The largest absolute Gasteiger partial charge is 0.398 e. The van der Waals surface area contributed by atoms with Crippen LogP contribution < -0.4 is 11.1 Å². The first-order chi connectivity index (χ1) is 7.25. The highest BCUT2D eigenvalue weighted by molar-refractivity contribution is 7.99. The quantitative estimate of drug-likeness (QED) is 0.609. The Bertz CT molecular complexity index is 332. The number of aryl methyl sites for hydroxylation is 1. The molecule has 1 aliphatic heterocycles. The van der Waals surface area contributed by atoms with Gasteiger partial charge in [0, 0.05) is 22.4 Å². The molecule has 82 valence electrons. The van der Waals surface area contributed by atoms with Crippen LogP contribution in [0.1, 0.15) is 18.4 Å². The van der Waals surface area contributed by atoms with Crippen LogP contribution in [-0.4, -0.2) is 18.3 Å². The second kappa shape index (κ2) is 4.90. The molecule has 1 unspecified atom stereocenters. The highest BCUT2D eigenvalue weighted by atomic mass is 32.2. The minimum absolute atomic E-state index is 0.677. The number of nitrogens with two attached hydrogens (primary N) is 1. The molecule has 0 bridgehead atoms. The summed E-state index contributed by atoms with van der Waals surface area (Å²) in [6.07, 6.45) is 2.62. The molecule has 2 nitrogen and oxygen atoms in total. The van der Waals surface area contributed by atoms with Gasteiger partial charge in [0.05, 0.1) is 0 Å². The molecule has 1 fully saturated rings. The Morgan fingerprint density at radius 1 is 1.53 bits per heavy atom. The van der Waals surface area contributed by atoms with Crippen molar-refractivity contribution in [1.29, 1.82) is 0 Å². The number of hydrogen-bond acceptors (Lipinski definition) is 3. The van der Waals surface area contributed by atoms with Crippen molar-refractivity contribution in [3.63, 3.8) is 0 Å². The summed E-state index contributed by atoms with van der Waals surface area (Å²) in [6, 6.07) is 6.98. The van der Waals surface area contributed by atoms with Gasteiger partial charge in [-0.3, -0.25) is 0 Å². The van der Waals surface area contributed by atoms with Crippen molar-refractivity contribution >= 4 is 17.4 Å². The van der Waals surface area contributed by atoms with Crippen molar-refractivity contribution < 1.29 is 0 Å². The summed E-state index contributed by atoms with van der Waals surface area (Å²) < 4.78 is 0. The van der Waals surface area contributed by atoms with Gasteiger partial charge in [-0.05, 0) is 44.0 Å². The molecule has 0 saturated carbocycles. The average molecular weight is 222 g/mol. The molecular formula is C12H18N2S. The minimum atomic E-state index is 0.677. The fourth-order valence-corrected chi connectivity index (χ4v) is 2.94. The lowest BCUT2D eigenvalue weighted by atomic mass is 10.2. The summed E-state index contributed by atoms with van der Waals surface area (Å²) in [5, 5.41) is 3.50. The van der Waals surface area contributed by atoms with Gasteiger partial charge in [0.2, 0.25) is 0 Å². The predicted molar refractivity (Wildman–Crippen MR) is 67.3 cm³/mol. The van der Waals surface area contributed by atoms with E-state index in [0.29, 0.717) is 6.04 Å². The molecule has 0 spiro atoms. The van der Waals surface area contributed by atoms with Gasteiger partial charge in [-0.15, -0.1) is 11.8 Å². The van der Waals surface area contributed by atoms with E-state index in [0.717, 1.165) is 11.4 Å². The molecule has 0 aliphatic carbocycles. The predicted octanol–water partition coefficient (Wildman–Crippen LogP) is 2.42. The lowest BCUT2D eigenvalue weighted by Crippen LogP contribution is -2.23. The second-order valence-electron chi connectivity index (χ2n) is 4.15. The lowest BCUT2D eigenvalue weighted by Gasteiger charge is -2.11. The van der Waals surface area contributed by atoms with Gasteiger partial charge in [-0.2, -0.15) is 0 Å². The smallest absolute Gasteiger partial charge is 0.0454 e.